The Labute approximate surface area is 125 Å². The van der Waals surface area contributed by atoms with E-state index in [1.54, 1.807) is 0 Å². The maximum absolute atomic E-state index is 3.71. The Morgan fingerprint density at radius 2 is 1.80 bits per heavy atom. The molecule has 0 radical (unpaired) electrons. The molecule has 0 saturated heterocycles. The predicted octanol–water partition coefficient (Wildman–Crippen LogP) is 4.81. The molecule has 0 bridgehead atoms. The van der Waals surface area contributed by atoms with Gasteiger partial charge in [-0.15, -0.1) is 0 Å². The van der Waals surface area contributed by atoms with Crippen molar-refractivity contribution in [3.63, 3.8) is 0 Å². The van der Waals surface area contributed by atoms with Crippen LogP contribution in [0.3, 0.4) is 0 Å². The van der Waals surface area contributed by atoms with E-state index in [0.717, 1.165) is 11.8 Å². The van der Waals surface area contributed by atoms with Crippen molar-refractivity contribution in [2.75, 3.05) is 6.54 Å². The Bertz CT molecular complexity index is 351. The molecule has 1 unspecified atom stereocenters. The smallest absolute Gasteiger partial charge is 0.00418 e. The molecule has 1 saturated carbocycles. The molecule has 1 nitrogen and oxygen atoms in total. The molecule has 1 aromatic carbocycles. The second-order valence-electron chi connectivity index (χ2n) is 6.79. The van der Waals surface area contributed by atoms with Crippen LogP contribution in [0, 0.1) is 11.8 Å². The predicted molar refractivity (Wildman–Crippen MR) is 88.0 cm³/mol. The van der Waals surface area contributed by atoms with Gasteiger partial charge in [0.1, 0.15) is 0 Å². The van der Waals surface area contributed by atoms with Crippen molar-refractivity contribution in [3.05, 3.63) is 35.9 Å². The van der Waals surface area contributed by atoms with E-state index in [4.69, 9.17) is 0 Å². The lowest BCUT2D eigenvalue weighted by atomic mass is 9.81. The van der Waals surface area contributed by atoms with Gasteiger partial charge in [-0.3, -0.25) is 0 Å². The zero-order chi connectivity index (χ0) is 14.2. The van der Waals surface area contributed by atoms with Gasteiger partial charge in [0, 0.05) is 6.04 Å². The summed E-state index contributed by atoms with van der Waals surface area (Å²) in [6, 6.07) is 11.5. The Hall–Kier alpha value is -0.820. The summed E-state index contributed by atoms with van der Waals surface area (Å²) >= 11 is 0. The summed E-state index contributed by atoms with van der Waals surface area (Å²) in [7, 11) is 0. The lowest BCUT2D eigenvalue weighted by molar-refractivity contribution is 0.272. The monoisotopic (exact) mass is 273 g/mol. The van der Waals surface area contributed by atoms with Crippen LogP contribution in [0.1, 0.15) is 57.9 Å². The van der Waals surface area contributed by atoms with Crippen LogP contribution in [0.2, 0.25) is 0 Å². The van der Waals surface area contributed by atoms with Gasteiger partial charge in [-0.25, -0.2) is 0 Å². The second-order valence-corrected chi connectivity index (χ2v) is 6.79. The van der Waals surface area contributed by atoms with Crippen molar-refractivity contribution in [2.24, 2.45) is 11.8 Å². The average Bonchev–Trinajstić information content (AvgIpc) is 2.48. The van der Waals surface area contributed by atoms with E-state index in [9.17, 15) is 0 Å². The van der Waals surface area contributed by atoms with E-state index in [2.05, 4.69) is 49.5 Å². The molecule has 112 valence electrons. The Morgan fingerprint density at radius 3 is 2.50 bits per heavy atom. The molecule has 1 aromatic rings. The minimum atomic E-state index is 0.637. The van der Waals surface area contributed by atoms with E-state index < -0.39 is 0 Å². The van der Waals surface area contributed by atoms with Gasteiger partial charge in [-0.2, -0.15) is 0 Å². The number of benzene rings is 1. The first-order valence-electron chi connectivity index (χ1n) is 8.51. The molecule has 2 rings (SSSR count). The standard InChI is InChI=1S/C19H31N/c1-16-8-11-19(12-9-16)14-15-20-17(2)10-13-18-6-4-3-5-7-18/h3-7,16-17,19-20H,8-15H2,1-2H3. The van der Waals surface area contributed by atoms with Gasteiger partial charge in [0.25, 0.3) is 0 Å². The highest BCUT2D eigenvalue weighted by atomic mass is 14.9. The van der Waals surface area contributed by atoms with Crippen LogP contribution in [-0.4, -0.2) is 12.6 Å². The number of hydrogen-bond donors (Lipinski definition) is 1. The molecule has 1 fully saturated rings. The van der Waals surface area contributed by atoms with Gasteiger partial charge in [0.15, 0.2) is 0 Å². The fraction of sp³-hybridized carbons (Fsp3) is 0.684. The molecular formula is C19H31N. The van der Waals surface area contributed by atoms with E-state index in [1.165, 1.54) is 57.1 Å². The maximum Gasteiger partial charge on any atom is 0.00418 e. The Morgan fingerprint density at radius 1 is 1.10 bits per heavy atom. The quantitative estimate of drug-likeness (QED) is 0.751. The average molecular weight is 273 g/mol. The van der Waals surface area contributed by atoms with Crippen LogP contribution in [0.5, 0.6) is 0 Å². The van der Waals surface area contributed by atoms with E-state index >= 15 is 0 Å². The van der Waals surface area contributed by atoms with E-state index in [0.29, 0.717) is 6.04 Å². The molecule has 0 amide bonds. The maximum atomic E-state index is 3.71. The molecule has 20 heavy (non-hydrogen) atoms. The van der Waals surface area contributed by atoms with Crippen molar-refractivity contribution in [1.29, 1.82) is 0 Å². The van der Waals surface area contributed by atoms with Crippen molar-refractivity contribution in [1.82, 2.24) is 5.32 Å². The Balaban J connectivity index is 1.55. The molecule has 1 aliphatic carbocycles. The molecule has 1 atom stereocenters. The third kappa shape index (κ3) is 5.66. The van der Waals surface area contributed by atoms with E-state index in [1.807, 2.05) is 0 Å². The molecule has 1 aliphatic rings. The number of hydrogen-bond acceptors (Lipinski definition) is 1. The lowest BCUT2D eigenvalue weighted by Gasteiger charge is -2.26. The largest absolute Gasteiger partial charge is 0.314 e. The van der Waals surface area contributed by atoms with Gasteiger partial charge in [-0.05, 0) is 50.1 Å². The summed E-state index contributed by atoms with van der Waals surface area (Å²) in [5.41, 5.74) is 1.46. The van der Waals surface area contributed by atoms with Crippen LogP contribution >= 0.6 is 0 Å². The summed E-state index contributed by atoms with van der Waals surface area (Å²) in [5.74, 6) is 1.96. The summed E-state index contributed by atoms with van der Waals surface area (Å²) in [4.78, 5) is 0. The van der Waals surface area contributed by atoms with Crippen LogP contribution in [0.4, 0.5) is 0 Å². The first-order valence-corrected chi connectivity index (χ1v) is 8.51. The summed E-state index contributed by atoms with van der Waals surface area (Å²) in [6.07, 6.45) is 9.63. The summed E-state index contributed by atoms with van der Waals surface area (Å²) < 4.78 is 0. The normalized spacial score (nSPS) is 24.5. The molecule has 0 aromatic heterocycles. The fourth-order valence-electron chi connectivity index (χ4n) is 3.28. The van der Waals surface area contributed by atoms with Crippen molar-refractivity contribution >= 4 is 0 Å². The van der Waals surface area contributed by atoms with Gasteiger partial charge in [0.05, 0.1) is 0 Å². The number of rotatable bonds is 7. The van der Waals surface area contributed by atoms with Crippen LogP contribution in [-0.2, 0) is 6.42 Å². The van der Waals surface area contributed by atoms with Crippen molar-refractivity contribution in [3.8, 4) is 0 Å². The summed E-state index contributed by atoms with van der Waals surface area (Å²) in [6.45, 7) is 5.93. The second kappa shape index (κ2) is 8.46. The van der Waals surface area contributed by atoms with Crippen LogP contribution < -0.4 is 5.32 Å². The molecule has 1 heteroatoms. The van der Waals surface area contributed by atoms with Crippen LogP contribution in [0.15, 0.2) is 30.3 Å². The highest BCUT2D eigenvalue weighted by Crippen LogP contribution is 2.29. The topological polar surface area (TPSA) is 12.0 Å². The highest BCUT2D eigenvalue weighted by molar-refractivity contribution is 5.14. The third-order valence-electron chi connectivity index (χ3n) is 4.89. The van der Waals surface area contributed by atoms with E-state index in [-0.39, 0.29) is 0 Å². The van der Waals surface area contributed by atoms with Crippen LogP contribution in [0.25, 0.3) is 0 Å². The molecule has 0 heterocycles. The minimum absolute atomic E-state index is 0.637. The molecule has 0 aliphatic heterocycles. The first-order chi connectivity index (χ1) is 9.74. The fourth-order valence-corrected chi connectivity index (χ4v) is 3.28. The minimum Gasteiger partial charge on any atom is -0.314 e. The highest BCUT2D eigenvalue weighted by Gasteiger charge is 2.17. The number of aryl methyl sites for hydroxylation is 1. The van der Waals surface area contributed by atoms with Gasteiger partial charge in [-0.1, -0.05) is 62.9 Å². The van der Waals surface area contributed by atoms with Crippen molar-refractivity contribution in [2.45, 2.75) is 64.8 Å². The van der Waals surface area contributed by atoms with Gasteiger partial charge >= 0.3 is 0 Å². The zero-order valence-electron chi connectivity index (χ0n) is 13.3. The molecule has 0 spiro atoms. The summed E-state index contributed by atoms with van der Waals surface area (Å²) in [5, 5.41) is 3.71. The van der Waals surface area contributed by atoms with Gasteiger partial charge in [0.2, 0.25) is 0 Å². The lowest BCUT2D eigenvalue weighted by Crippen LogP contribution is -2.29. The SMILES string of the molecule is CC1CCC(CCNC(C)CCc2ccccc2)CC1. The molecular weight excluding hydrogens is 242 g/mol. The zero-order valence-corrected chi connectivity index (χ0v) is 13.3. The first kappa shape index (κ1) is 15.6. The van der Waals surface area contributed by atoms with Crippen molar-refractivity contribution < 1.29 is 0 Å². The van der Waals surface area contributed by atoms with Gasteiger partial charge < -0.3 is 5.32 Å². The number of nitrogens with one attached hydrogen (secondary N) is 1. The molecule has 1 N–H and O–H groups in total. The Kier molecular flexibility index (Phi) is 6.59. The third-order valence-corrected chi connectivity index (χ3v) is 4.89.